The van der Waals surface area contributed by atoms with Crippen molar-refractivity contribution in [2.45, 2.75) is 0 Å². The molecule has 0 aliphatic rings. The van der Waals surface area contributed by atoms with E-state index in [0.717, 1.165) is 15.2 Å². The van der Waals surface area contributed by atoms with E-state index < -0.39 is 10.8 Å². The Kier molecular flexibility index (Phi) is 5.56. The lowest BCUT2D eigenvalue weighted by Gasteiger charge is -2.11. The average molecular weight is 431 g/mol. The van der Waals surface area contributed by atoms with Gasteiger partial charge in [-0.1, -0.05) is 28.1 Å². The number of rotatable bonds is 6. The Labute approximate surface area is 163 Å². The van der Waals surface area contributed by atoms with Gasteiger partial charge in [-0.3, -0.25) is 14.9 Å². The predicted molar refractivity (Wildman–Crippen MR) is 105 cm³/mol. The van der Waals surface area contributed by atoms with Crippen molar-refractivity contribution in [3.05, 3.63) is 69.2 Å². The van der Waals surface area contributed by atoms with Crippen molar-refractivity contribution >= 4 is 44.0 Å². The Balaban J connectivity index is 1.68. The molecule has 3 aromatic rings. The van der Waals surface area contributed by atoms with Gasteiger partial charge >= 0.3 is 0 Å². The number of ether oxygens (including phenoxy) is 2. The fraction of sp³-hybridized carbons (Fsp3) is 0.105. The maximum atomic E-state index is 12.2. The summed E-state index contributed by atoms with van der Waals surface area (Å²) >= 11 is 3.42. The number of carbonyl (C=O) groups excluding carboxylic acids is 1. The van der Waals surface area contributed by atoms with Crippen LogP contribution in [0.4, 0.5) is 11.4 Å². The largest absolute Gasteiger partial charge is 0.495 e. The summed E-state index contributed by atoms with van der Waals surface area (Å²) in [5, 5.41) is 15.5. The van der Waals surface area contributed by atoms with Crippen LogP contribution in [-0.4, -0.2) is 24.5 Å². The van der Waals surface area contributed by atoms with Crippen LogP contribution >= 0.6 is 15.9 Å². The van der Waals surface area contributed by atoms with Crippen molar-refractivity contribution in [2.75, 3.05) is 19.0 Å². The maximum absolute atomic E-state index is 12.2. The normalized spacial score (nSPS) is 10.4. The number of fused-ring (bicyclic) bond motifs is 1. The van der Waals surface area contributed by atoms with Gasteiger partial charge in [0, 0.05) is 16.6 Å². The first kappa shape index (κ1) is 18.7. The Hall–Kier alpha value is -3.13. The summed E-state index contributed by atoms with van der Waals surface area (Å²) in [7, 11) is 1.42. The van der Waals surface area contributed by atoms with Gasteiger partial charge in [-0.05, 0) is 41.1 Å². The number of carbonyl (C=O) groups is 1. The fourth-order valence-corrected chi connectivity index (χ4v) is 2.91. The highest BCUT2D eigenvalue weighted by molar-refractivity contribution is 9.10. The third kappa shape index (κ3) is 4.53. The van der Waals surface area contributed by atoms with Gasteiger partial charge in [0.05, 0.1) is 17.7 Å². The smallest absolute Gasteiger partial charge is 0.271 e. The highest BCUT2D eigenvalue weighted by Gasteiger charge is 2.14. The van der Waals surface area contributed by atoms with Gasteiger partial charge in [0.25, 0.3) is 11.6 Å². The Morgan fingerprint density at radius 1 is 1.11 bits per heavy atom. The molecule has 0 saturated heterocycles. The summed E-state index contributed by atoms with van der Waals surface area (Å²) in [5.41, 5.74) is 0.0661. The van der Waals surface area contributed by atoms with Gasteiger partial charge in [-0.25, -0.2) is 0 Å². The van der Waals surface area contributed by atoms with Gasteiger partial charge in [0.15, 0.2) is 6.61 Å². The standard InChI is InChI=1S/C19H15BrN2O5/c1-26-18-7-5-15(22(24)25)10-17(18)21-19(23)11-27-16-6-3-12-8-14(20)4-2-13(12)9-16/h2-10H,11H2,1H3,(H,21,23). The molecule has 0 atom stereocenters. The first-order valence-corrected chi connectivity index (χ1v) is 8.70. The van der Waals surface area contributed by atoms with Crippen LogP contribution in [0.25, 0.3) is 10.8 Å². The van der Waals surface area contributed by atoms with E-state index in [9.17, 15) is 14.9 Å². The Morgan fingerprint density at radius 3 is 2.59 bits per heavy atom. The Morgan fingerprint density at radius 2 is 1.85 bits per heavy atom. The number of nitro benzene ring substituents is 1. The van der Waals surface area contributed by atoms with Gasteiger partial charge < -0.3 is 14.8 Å². The van der Waals surface area contributed by atoms with Crippen LogP contribution in [-0.2, 0) is 4.79 Å². The number of methoxy groups -OCH3 is 1. The number of amides is 1. The van der Waals surface area contributed by atoms with Crippen LogP contribution < -0.4 is 14.8 Å². The molecule has 7 nitrogen and oxygen atoms in total. The van der Waals surface area contributed by atoms with Gasteiger partial charge in [0.1, 0.15) is 11.5 Å². The summed E-state index contributed by atoms with van der Waals surface area (Å²) in [6.45, 7) is -0.242. The summed E-state index contributed by atoms with van der Waals surface area (Å²) < 4.78 is 11.6. The maximum Gasteiger partial charge on any atom is 0.271 e. The van der Waals surface area contributed by atoms with Crippen molar-refractivity contribution in [3.63, 3.8) is 0 Å². The third-order valence-electron chi connectivity index (χ3n) is 3.81. The number of hydrogen-bond donors (Lipinski definition) is 1. The van der Waals surface area contributed by atoms with Crippen LogP contribution in [0.1, 0.15) is 0 Å². The van der Waals surface area contributed by atoms with Crippen molar-refractivity contribution in [1.29, 1.82) is 0 Å². The average Bonchev–Trinajstić information content (AvgIpc) is 2.66. The molecular weight excluding hydrogens is 416 g/mol. The summed E-state index contributed by atoms with van der Waals surface area (Å²) in [6.07, 6.45) is 0. The molecule has 1 N–H and O–H groups in total. The first-order valence-electron chi connectivity index (χ1n) is 7.90. The SMILES string of the molecule is COc1ccc([N+](=O)[O-])cc1NC(=O)COc1ccc2cc(Br)ccc2c1. The summed E-state index contributed by atoms with van der Waals surface area (Å²) in [6, 6.07) is 15.3. The second kappa shape index (κ2) is 8.05. The van der Waals surface area contributed by atoms with E-state index >= 15 is 0 Å². The number of benzene rings is 3. The zero-order valence-corrected chi connectivity index (χ0v) is 15.9. The van der Waals surface area contributed by atoms with E-state index in [-0.39, 0.29) is 18.0 Å². The lowest BCUT2D eigenvalue weighted by Crippen LogP contribution is -2.20. The molecule has 0 aliphatic heterocycles. The van der Waals surface area contributed by atoms with Crippen molar-refractivity contribution in [2.24, 2.45) is 0 Å². The van der Waals surface area contributed by atoms with Gasteiger partial charge in [-0.15, -0.1) is 0 Å². The number of halogens is 1. The predicted octanol–water partition coefficient (Wildman–Crippen LogP) is 4.54. The molecular formula is C19H15BrN2O5. The van der Waals surface area contributed by atoms with E-state index in [1.54, 1.807) is 6.07 Å². The van der Waals surface area contributed by atoms with E-state index in [1.807, 2.05) is 30.3 Å². The van der Waals surface area contributed by atoms with E-state index in [0.29, 0.717) is 11.5 Å². The summed E-state index contributed by atoms with van der Waals surface area (Å²) in [4.78, 5) is 22.5. The molecule has 27 heavy (non-hydrogen) atoms. The van der Waals surface area contributed by atoms with Crippen LogP contribution in [0.3, 0.4) is 0 Å². The molecule has 0 saturated carbocycles. The second-order valence-electron chi connectivity index (χ2n) is 5.63. The monoisotopic (exact) mass is 430 g/mol. The molecule has 0 aromatic heterocycles. The Bertz CT molecular complexity index is 1020. The van der Waals surface area contributed by atoms with Crippen LogP contribution in [0.2, 0.25) is 0 Å². The molecule has 8 heteroatoms. The van der Waals surface area contributed by atoms with Crippen molar-refractivity contribution in [1.82, 2.24) is 0 Å². The highest BCUT2D eigenvalue weighted by atomic mass is 79.9. The molecule has 0 heterocycles. The topological polar surface area (TPSA) is 90.7 Å². The lowest BCUT2D eigenvalue weighted by atomic mass is 10.1. The second-order valence-corrected chi connectivity index (χ2v) is 6.55. The number of non-ortho nitro benzene ring substituents is 1. The molecule has 0 bridgehead atoms. The van der Waals surface area contributed by atoms with Gasteiger partial charge in [0.2, 0.25) is 0 Å². The molecule has 0 unspecified atom stereocenters. The number of nitro groups is 1. The lowest BCUT2D eigenvalue weighted by molar-refractivity contribution is -0.384. The number of nitrogens with zero attached hydrogens (tertiary/aromatic N) is 1. The number of hydrogen-bond acceptors (Lipinski definition) is 5. The van der Waals surface area contributed by atoms with E-state index in [1.165, 1.54) is 25.3 Å². The molecule has 1 amide bonds. The molecule has 3 rings (SSSR count). The molecule has 0 radical (unpaired) electrons. The number of nitrogens with one attached hydrogen (secondary N) is 1. The molecule has 0 aliphatic carbocycles. The van der Waals surface area contributed by atoms with Crippen molar-refractivity contribution in [3.8, 4) is 11.5 Å². The van der Waals surface area contributed by atoms with E-state index in [4.69, 9.17) is 9.47 Å². The third-order valence-corrected chi connectivity index (χ3v) is 4.30. The van der Waals surface area contributed by atoms with Crippen LogP contribution in [0.15, 0.2) is 59.1 Å². The minimum Gasteiger partial charge on any atom is -0.495 e. The molecule has 0 spiro atoms. The molecule has 0 fully saturated rings. The fourth-order valence-electron chi connectivity index (χ4n) is 2.53. The summed E-state index contributed by atoms with van der Waals surface area (Å²) in [5.74, 6) is 0.418. The minimum atomic E-state index is -0.543. The zero-order valence-electron chi connectivity index (χ0n) is 14.3. The van der Waals surface area contributed by atoms with Crippen LogP contribution in [0, 0.1) is 10.1 Å². The quantitative estimate of drug-likeness (QED) is 0.457. The molecule has 138 valence electrons. The first-order chi connectivity index (χ1) is 13.0. The molecule has 3 aromatic carbocycles. The van der Waals surface area contributed by atoms with E-state index in [2.05, 4.69) is 21.2 Å². The zero-order chi connectivity index (χ0) is 19.4. The number of anilines is 1. The van der Waals surface area contributed by atoms with Crippen LogP contribution in [0.5, 0.6) is 11.5 Å². The van der Waals surface area contributed by atoms with Gasteiger partial charge in [-0.2, -0.15) is 0 Å². The van der Waals surface area contributed by atoms with Crippen molar-refractivity contribution < 1.29 is 19.2 Å². The minimum absolute atomic E-state index is 0.146. The highest BCUT2D eigenvalue weighted by Crippen LogP contribution is 2.29.